The first kappa shape index (κ1) is 15.7. The number of hydrogen-bond acceptors (Lipinski definition) is 4. The summed E-state index contributed by atoms with van der Waals surface area (Å²) >= 11 is 1.75. The van der Waals surface area contributed by atoms with Gasteiger partial charge in [0.05, 0.1) is 20.3 Å². The van der Waals surface area contributed by atoms with Crippen molar-refractivity contribution in [2.24, 2.45) is 0 Å². The molecule has 1 atom stereocenters. The van der Waals surface area contributed by atoms with Crippen LogP contribution in [0.4, 0.5) is 0 Å². The summed E-state index contributed by atoms with van der Waals surface area (Å²) in [5.41, 5.74) is 2.35. The zero-order chi connectivity index (χ0) is 15.2. The fourth-order valence-electron chi connectivity index (χ4n) is 2.44. The number of thioether (sulfide) groups is 1. The van der Waals surface area contributed by atoms with E-state index in [9.17, 15) is 0 Å². The molecule has 4 heteroatoms. The van der Waals surface area contributed by atoms with E-state index in [1.165, 1.54) is 10.5 Å². The lowest BCUT2D eigenvalue weighted by molar-refractivity contribution is 0.388. The molecule has 0 saturated heterocycles. The quantitative estimate of drug-likeness (QED) is 0.824. The molecule has 1 unspecified atom stereocenters. The molecule has 0 amide bonds. The van der Waals surface area contributed by atoms with Gasteiger partial charge in [0.2, 0.25) is 0 Å². The third kappa shape index (κ3) is 3.34. The number of ether oxygens (including phenoxy) is 2. The van der Waals surface area contributed by atoms with Crippen molar-refractivity contribution in [1.82, 2.24) is 5.32 Å². The van der Waals surface area contributed by atoms with Crippen molar-refractivity contribution in [2.45, 2.75) is 10.9 Å². The fourth-order valence-corrected chi connectivity index (χ4v) is 3.08. The van der Waals surface area contributed by atoms with Gasteiger partial charge < -0.3 is 14.8 Å². The van der Waals surface area contributed by atoms with Crippen LogP contribution in [0.15, 0.2) is 47.4 Å². The first-order valence-electron chi connectivity index (χ1n) is 6.77. The van der Waals surface area contributed by atoms with Crippen LogP contribution in [0.5, 0.6) is 11.5 Å². The Labute approximate surface area is 130 Å². The summed E-state index contributed by atoms with van der Waals surface area (Å²) in [6.45, 7) is 0. The van der Waals surface area contributed by atoms with Crippen molar-refractivity contribution >= 4 is 11.8 Å². The smallest absolute Gasteiger partial charge is 0.127 e. The minimum atomic E-state index is 0.0782. The molecule has 0 radical (unpaired) electrons. The molecule has 1 N–H and O–H groups in total. The Hall–Kier alpha value is -1.65. The van der Waals surface area contributed by atoms with Crippen LogP contribution >= 0.6 is 11.8 Å². The van der Waals surface area contributed by atoms with E-state index in [4.69, 9.17) is 9.47 Å². The summed E-state index contributed by atoms with van der Waals surface area (Å²) in [6, 6.07) is 14.4. The third-order valence-corrected chi connectivity index (χ3v) is 4.30. The normalized spacial score (nSPS) is 12.0. The highest BCUT2D eigenvalue weighted by molar-refractivity contribution is 7.98. The minimum Gasteiger partial charge on any atom is -0.497 e. The van der Waals surface area contributed by atoms with Gasteiger partial charge in [0, 0.05) is 16.5 Å². The Morgan fingerprint density at radius 1 is 1.00 bits per heavy atom. The lowest BCUT2D eigenvalue weighted by Crippen LogP contribution is -2.19. The Kier molecular flexibility index (Phi) is 5.53. The maximum absolute atomic E-state index is 5.54. The minimum absolute atomic E-state index is 0.0782. The van der Waals surface area contributed by atoms with E-state index in [0.717, 1.165) is 17.1 Å². The van der Waals surface area contributed by atoms with Crippen molar-refractivity contribution in [2.75, 3.05) is 27.5 Å². The van der Waals surface area contributed by atoms with Crippen molar-refractivity contribution in [1.29, 1.82) is 0 Å². The van der Waals surface area contributed by atoms with E-state index >= 15 is 0 Å². The van der Waals surface area contributed by atoms with Crippen LogP contribution in [-0.4, -0.2) is 27.5 Å². The van der Waals surface area contributed by atoms with Gasteiger partial charge in [-0.25, -0.2) is 0 Å². The average Bonchev–Trinajstić information content (AvgIpc) is 2.56. The Morgan fingerprint density at radius 2 is 1.76 bits per heavy atom. The monoisotopic (exact) mass is 303 g/mol. The summed E-state index contributed by atoms with van der Waals surface area (Å²) in [5.74, 6) is 1.62. The molecule has 112 valence electrons. The molecular formula is C17H21NO2S. The van der Waals surface area contributed by atoms with Gasteiger partial charge in [-0.15, -0.1) is 11.8 Å². The fraction of sp³-hybridized carbons (Fsp3) is 0.294. The molecule has 2 rings (SSSR count). The predicted molar refractivity (Wildman–Crippen MR) is 88.7 cm³/mol. The highest BCUT2D eigenvalue weighted by Crippen LogP contribution is 2.36. The van der Waals surface area contributed by atoms with E-state index < -0.39 is 0 Å². The van der Waals surface area contributed by atoms with Crippen LogP contribution < -0.4 is 14.8 Å². The number of benzene rings is 2. The van der Waals surface area contributed by atoms with Crippen LogP contribution in [0.2, 0.25) is 0 Å². The molecule has 0 saturated carbocycles. The van der Waals surface area contributed by atoms with Gasteiger partial charge in [-0.2, -0.15) is 0 Å². The number of methoxy groups -OCH3 is 2. The van der Waals surface area contributed by atoms with Crippen LogP contribution in [0, 0.1) is 0 Å². The van der Waals surface area contributed by atoms with Gasteiger partial charge >= 0.3 is 0 Å². The second-order valence-corrected chi connectivity index (χ2v) is 5.42. The molecule has 21 heavy (non-hydrogen) atoms. The van der Waals surface area contributed by atoms with Gasteiger partial charge in [0.15, 0.2) is 0 Å². The zero-order valence-electron chi connectivity index (χ0n) is 12.8. The Morgan fingerprint density at radius 3 is 2.38 bits per heavy atom. The van der Waals surface area contributed by atoms with Crippen LogP contribution in [0.25, 0.3) is 0 Å². The third-order valence-electron chi connectivity index (χ3n) is 3.49. The van der Waals surface area contributed by atoms with E-state index in [0.29, 0.717) is 0 Å². The summed E-state index contributed by atoms with van der Waals surface area (Å²) in [6.07, 6.45) is 2.09. The van der Waals surface area contributed by atoms with Gasteiger partial charge in [0.25, 0.3) is 0 Å². The Balaban J connectivity index is 2.51. The maximum atomic E-state index is 5.54. The molecule has 2 aromatic carbocycles. The lowest BCUT2D eigenvalue weighted by Gasteiger charge is -2.22. The standard InChI is InChI=1S/C17H21NO2S/c1-18-17(14-7-5-6-8-16(14)21-4)13-10-9-12(19-2)11-15(13)20-3/h5-11,17-18H,1-4H3. The van der Waals surface area contributed by atoms with Gasteiger partial charge in [-0.3, -0.25) is 0 Å². The molecule has 0 aliphatic rings. The van der Waals surface area contributed by atoms with Gasteiger partial charge in [0.1, 0.15) is 11.5 Å². The molecule has 0 spiro atoms. The maximum Gasteiger partial charge on any atom is 0.127 e. The van der Waals surface area contributed by atoms with Gasteiger partial charge in [-0.05, 0) is 37.1 Å². The van der Waals surface area contributed by atoms with Crippen molar-refractivity contribution < 1.29 is 9.47 Å². The molecule has 0 bridgehead atoms. The van der Waals surface area contributed by atoms with Crippen LogP contribution in [0.1, 0.15) is 17.2 Å². The summed E-state index contributed by atoms with van der Waals surface area (Å²) in [5, 5.41) is 3.39. The first-order chi connectivity index (χ1) is 10.2. The molecule has 0 aliphatic carbocycles. The van der Waals surface area contributed by atoms with E-state index in [1.54, 1.807) is 26.0 Å². The van der Waals surface area contributed by atoms with E-state index in [-0.39, 0.29) is 6.04 Å². The molecule has 0 aromatic heterocycles. The summed E-state index contributed by atoms with van der Waals surface area (Å²) < 4.78 is 10.8. The second-order valence-electron chi connectivity index (χ2n) is 4.57. The zero-order valence-corrected chi connectivity index (χ0v) is 13.7. The van der Waals surface area contributed by atoms with E-state index in [1.807, 2.05) is 19.2 Å². The van der Waals surface area contributed by atoms with Crippen molar-refractivity contribution in [3.8, 4) is 11.5 Å². The Bertz CT molecular complexity index is 601. The highest BCUT2D eigenvalue weighted by Gasteiger charge is 2.19. The highest BCUT2D eigenvalue weighted by atomic mass is 32.2. The molecule has 0 fully saturated rings. The first-order valence-corrected chi connectivity index (χ1v) is 7.99. The van der Waals surface area contributed by atoms with E-state index in [2.05, 4.69) is 41.9 Å². The summed E-state index contributed by atoms with van der Waals surface area (Å²) in [4.78, 5) is 1.26. The lowest BCUT2D eigenvalue weighted by atomic mass is 9.97. The molecule has 0 aliphatic heterocycles. The van der Waals surface area contributed by atoms with Crippen LogP contribution in [-0.2, 0) is 0 Å². The average molecular weight is 303 g/mol. The van der Waals surface area contributed by atoms with Gasteiger partial charge in [-0.1, -0.05) is 18.2 Å². The number of nitrogens with one attached hydrogen (secondary N) is 1. The molecule has 2 aromatic rings. The SMILES string of the molecule is CNC(c1ccc(OC)cc1OC)c1ccccc1SC. The van der Waals surface area contributed by atoms with Crippen molar-refractivity contribution in [3.05, 3.63) is 53.6 Å². The largest absolute Gasteiger partial charge is 0.497 e. The predicted octanol–water partition coefficient (Wildman–Crippen LogP) is 3.73. The van der Waals surface area contributed by atoms with Crippen molar-refractivity contribution in [3.63, 3.8) is 0 Å². The number of hydrogen-bond donors (Lipinski definition) is 1. The number of rotatable bonds is 6. The second kappa shape index (κ2) is 7.38. The molecule has 0 heterocycles. The molecular weight excluding hydrogens is 282 g/mol. The molecule has 3 nitrogen and oxygen atoms in total. The summed E-state index contributed by atoms with van der Waals surface area (Å²) in [7, 11) is 5.31. The van der Waals surface area contributed by atoms with Crippen LogP contribution in [0.3, 0.4) is 0 Å². The topological polar surface area (TPSA) is 30.5 Å².